The Morgan fingerprint density at radius 2 is 1.55 bits per heavy atom. The fraction of sp³-hybridized carbons (Fsp3) is 0.321. The van der Waals surface area contributed by atoms with Gasteiger partial charge in [0.25, 0.3) is 10.0 Å². The van der Waals surface area contributed by atoms with Crippen LogP contribution in [0.15, 0.2) is 76.5 Å². The Bertz CT molecular complexity index is 1550. The molecule has 0 spiro atoms. The number of sulfonamides is 2. The minimum atomic E-state index is -4.07. The molecule has 0 radical (unpaired) electrons. The van der Waals surface area contributed by atoms with Crippen LogP contribution in [0.2, 0.25) is 5.02 Å². The number of rotatable bonds is 11. The number of hydrogen-bond acceptors (Lipinski definition) is 6. The Kier molecular flexibility index (Phi) is 9.40. The van der Waals surface area contributed by atoms with Crippen molar-refractivity contribution in [1.29, 1.82) is 0 Å². The molecule has 1 aliphatic heterocycles. The van der Waals surface area contributed by atoms with Crippen LogP contribution in [0.5, 0.6) is 5.75 Å². The zero-order valence-electron chi connectivity index (χ0n) is 22.3. The number of halogens is 1. The molecule has 0 atom stereocenters. The van der Waals surface area contributed by atoms with Crippen LogP contribution >= 0.6 is 11.6 Å². The van der Waals surface area contributed by atoms with E-state index in [1.165, 1.54) is 34.6 Å². The Balaban J connectivity index is 1.39. The van der Waals surface area contributed by atoms with Gasteiger partial charge in [0.2, 0.25) is 15.9 Å². The molecule has 1 fully saturated rings. The molecule has 0 aliphatic carbocycles. The first kappa shape index (κ1) is 29.9. The number of aryl methyl sites for hydroxylation is 2. The van der Waals surface area contributed by atoms with E-state index in [4.69, 9.17) is 16.3 Å². The number of carbonyl (C=O) groups is 1. The van der Waals surface area contributed by atoms with Crippen molar-refractivity contribution >= 4 is 43.2 Å². The van der Waals surface area contributed by atoms with E-state index in [1.54, 1.807) is 43.3 Å². The first-order chi connectivity index (χ1) is 19.0. The molecule has 0 aromatic heterocycles. The first-order valence-corrected chi connectivity index (χ1v) is 16.1. The lowest BCUT2D eigenvalue weighted by atomic mass is 10.2. The zero-order valence-corrected chi connectivity index (χ0v) is 24.7. The van der Waals surface area contributed by atoms with Gasteiger partial charge in [-0.15, -0.1) is 0 Å². The molecule has 40 heavy (non-hydrogen) atoms. The third kappa shape index (κ3) is 6.95. The predicted molar refractivity (Wildman–Crippen MR) is 155 cm³/mol. The Labute approximate surface area is 240 Å². The van der Waals surface area contributed by atoms with Crippen LogP contribution in [-0.4, -0.2) is 59.8 Å². The molecule has 0 unspecified atom stereocenters. The van der Waals surface area contributed by atoms with Crippen molar-refractivity contribution in [2.75, 3.05) is 37.1 Å². The van der Waals surface area contributed by atoms with Crippen LogP contribution in [0.25, 0.3) is 0 Å². The predicted octanol–water partition coefficient (Wildman–Crippen LogP) is 4.13. The number of anilines is 1. The summed E-state index contributed by atoms with van der Waals surface area (Å²) in [6.07, 6.45) is 1.72. The molecule has 3 aromatic rings. The van der Waals surface area contributed by atoms with Gasteiger partial charge in [-0.3, -0.25) is 9.10 Å². The lowest BCUT2D eigenvalue weighted by Gasteiger charge is -2.26. The molecule has 9 nitrogen and oxygen atoms in total. The molecular weight excluding hydrogens is 574 g/mol. The summed E-state index contributed by atoms with van der Waals surface area (Å²) >= 11 is 6.17. The smallest absolute Gasteiger partial charge is 0.264 e. The highest BCUT2D eigenvalue weighted by Crippen LogP contribution is 2.29. The fourth-order valence-corrected chi connectivity index (χ4v) is 7.48. The van der Waals surface area contributed by atoms with Crippen molar-refractivity contribution in [3.05, 3.63) is 82.9 Å². The standard InChI is InChI=1S/C28H32ClN3O6S2/c1-21-5-11-26(12-6-21)40(36,37)32(27-19-23(29)8-7-22(27)2)20-28(33)30-15-18-38-24-9-13-25(14-10-24)39(34,35)31-16-3-4-17-31/h5-14,19H,3-4,15-18,20H2,1-2H3,(H,30,33). The highest BCUT2D eigenvalue weighted by Gasteiger charge is 2.29. The second-order valence-corrected chi connectivity index (χ2v) is 13.8. The first-order valence-electron chi connectivity index (χ1n) is 12.8. The second kappa shape index (κ2) is 12.6. The van der Waals surface area contributed by atoms with Crippen molar-refractivity contribution in [3.8, 4) is 5.75 Å². The van der Waals surface area contributed by atoms with Crippen molar-refractivity contribution in [1.82, 2.24) is 9.62 Å². The number of nitrogens with zero attached hydrogens (tertiary/aromatic N) is 2. The van der Waals surface area contributed by atoms with Crippen LogP contribution in [0, 0.1) is 13.8 Å². The number of hydrogen-bond donors (Lipinski definition) is 1. The molecule has 4 rings (SSSR count). The maximum absolute atomic E-state index is 13.6. The average molecular weight is 606 g/mol. The van der Waals surface area contributed by atoms with E-state index in [2.05, 4.69) is 5.32 Å². The van der Waals surface area contributed by atoms with E-state index in [9.17, 15) is 21.6 Å². The maximum Gasteiger partial charge on any atom is 0.264 e. The van der Waals surface area contributed by atoms with Gasteiger partial charge in [-0.1, -0.05) is 35.4 Å². The zero-order chi connectivity index (χ0) is 28.9. The summed E-state index contributed by atoms with van der Waals surface area (Å²) < 4.78 is 60.7. The van der Waals surface area contributed by atoms with Crippen LogP contribution < -0.4 is 14.4 Å². The Hall–Kier alpha value is -3.12. The summed E-state index contributed by atoms with van der Waals surface area (Å²) in [4.78, 5) is 13.1. The van der Waals surface area contributed by atoms with Crippen LogP contribution in [-0.2, 0) is 24.8 Å². The molecule has 0 saturated carbocycles. The monoisotopic (exact) mass is 605 g/mol. The largest absolute Gasteiger partial charge is 0.492 e. The maximum atomic E-state index is 13.6. The number of benzene rings is 3. The van der Waals surface area contributed by atoms with E-state index in [1.807, 2.05) is 6.92 Å². The van der Waals surface area contributed by atoms with E-state index >= 15 is 0 Å². The van der Waals surface area contributed by atoms with Gasteiger partial charge in [-0.25, -0.2) is 16.8 Å². The van der Waals surface area contributed by atoms with Gasteiger partial charge < -0.3 is 10.1 Å². The molecular formula is C28H32ClN3O6S2. The molecule has 0 bridgehead atoms. The summed E-state index contributed by atoms with van der Waals surface area (Å²) in [6, 6.07) is 17.4. The molecule has 3 aromatic carbocycles. The normalized spacial score (nSPS) is 14.2. The Morgan fingerprint density at radius 3 is 2.20 bits per heavy atom. The lowest BCUT2D eigenvalue weighted by Crippen LogP contribution is -2.42. The summed E-state index contributed by atoms with van der Waals surface area (Å²) in [6.45, 7) is 4.42. The topological polar surface area (TPSA) is 113 Å². The number of amides is 1. The fourth-order valence-electron chi connectivity index (χ4n) is 4.32. The summed E-state index contributed by atoms with van der Waals surface area (Å²) in [5.74, 6) is -0.0709. The van der Waals surface area contributed by atoms with Crippen molar-refractivity contribution in [2.24, 2.45) is 0 Å². The highest BCUT2D eigenvalue weighted by molar-refractivity contribution is 7.92. The van der Waals surface area contributed by atoms with Crippen LogP contribution in [0.4, 0.5) is 5.69 Å². The van der Waals surface area contributed by atoms with Crippen molar-refractivity contribution < 1.29 is 26.4 Å². The van der Waals surface area contributed by atoms with Gasteiger partial charge in [0.15, 0.2) is 0 Å². The molecule has 12 heteroatoms. The quantitative estimate of drug-likeness (QED) is 0.329. The number of ether oxygens (including phenoxy) is 1. The summed E-state index contributed by atoms with van der Waals surface area (Å²) in [7, 11) is -7.58. The third-order valence-electron chi connectivity index (χ3n) is 6.56. The molecule has 1 heterocycles. The molecule has 214 valence electrons. The van der Waals surface area contributed by atoms with Crippen LogP contribution in [0.1, 0.15) is 24.0 Å². The third-order valence-corrected chi connectivity index (χ3v) is 10.5. The summed E-state index contributed by atoms with van der Waals surface area (Å²) in [5.41, 5.74) is 1.86. The Morgan fingerprint density at radius 1 is 0.925 bits per heavy atom. The summed E-state index contributed by atoms with van der Waals surface area (Å²) in [5, 5.41) is 3.03. The van der Waals surface area contributed by atoms with E-state index in [0.29, 0.717) is 35.1 Å². The molecule has 1 N–H and O–H groups in total. The highest BCUT2D eigenvalue weighted by atomic mass is 35.5. The minimum Gasteiger partial charge on any atom is -0.492 e. The van der Waals surface area contributed by atoms with Crippen molar-refractivity contribution in [3.63, 3.8) is 0 Å². The molecule has 1 amide bonds. The van der Waals surface area contributed by atoms with Gasteiger partial charge in [0, 0.05) is 18.1 Å². The van der Waals surface area contributed by atoms with Gasteiger partial charge in [0.1, 0.15) is 18.9 Å². The number of carbonyl (C=O) groups excluding carboxylic acids is 1. The number of nitrogens with one attached hydrogen (secondary N) is 1. The lowest BCUT2D eigenvalue weighted by molar-refractivity contribution is -0.119. The van der Waals surface area contributed by atoms with Gasteiger partial charge in [-0.05, 0) is 80.8 Å². The molecule has 1 aliphatic rings. The van der Waals surface area contributed by atoms with Gasteiger partial charge in [-0.2, -0.15) is 4.31 Å². The molecule has 1 saturated heterocycles. The van der Waals surface area contributed by atoms with Gasteiger partial charge in [0.05, 0.1) is 22.0 Å². The average Bonchev–Trinajstić information content (AvgIpc) is 3.48. The SMILES string of the molecule is Cc1ccc(S(=O)(=O)N(CC(=O)NCCOc2ccc(S(=O)(=O)N3CCCC3)cc2)c2cc(Cl)ccc2C)cc1. The minimum absolute atomic E-state index is 0.0591. The van der Waals surface area contributed by atoms with E-state index in [-0.39, 0.29) is 22.9 Å². The van der Waals surface area contributed by atoms with Crippen molar-refractivity contribution in [2.45, 2.75) is 36.5 Å². The van der Waals surface area contributed by atoms with E-state index in [0.717, 1.165) is 22.7 Å². The van der Waals surface area contributed by atoms with Crippen LogP contribution in [0.3, 0.4) is 0 Å². The second-order valence-electron chi connectivity index (χ2n) is 9.54. The van der Waals surface area contributed by atoms with Gasteiger partial charge >= 0.3 is 0 Å². The van der Waals surface area contributed by atoms with E-state index < -0.39 is 32.5 Å².